The second-order valence-corrected chi connectivity index (χ2v) is 4.24. The van der Waals surface area contributed by atoms with Crippen LogP contribution in [0.1, 0.15) is 36.2 Å². The maximum absolute atomic E-state index is 11.6. The van der Waals surface area contributed by atoms with Crippen LogP contribution < -0.4 is 11.1 Å². The molecular weight excluding hydrogens is 220 g/mol. The molecule has 4 N–H and O–H groups in total. The molecule has 1 aliphatic rings. The number of hydrogen-bond acceptors (Lipinski definition) is 4. The van der Waals surface area contributed by atoms with E-state index in [1.165, 1.54) is 12.5 Å². The minimum Gasteiger partial charge on any atom is -0.382 e. The number of anilines is 1. The van der Waals surface area contributed by atoms with Crippen molar-refractivity contribution in [3.63, 3.8) is 0 Å². The van der Waals surface area contributed by atoms with Gasteiger partial charge in [0, 0.05) is 19.2 Å². The lowest BCUT2D eigenvalue weighted by molar-refractivity contribution is 0.0117. The number of H-pyrrole nitrogens is 1. The van der Waals surface area contributed by atoms with Crippen LogP contribution in [-0.4, -0.2) is 35.4 Å². The van der Waals surface area contributed by atoms with Gasteiger partial charge < -0.3 is 15.8 Å². The molecule has 0 aromatic carbocycles. The van der Waals surface area contributed by atoms with Crippen LogP contribution in [0.4, 0.5) is 5.82 Å². The molecule has 94 valence electrons. The minimum absolute atomic E-state index is 0.176. The van der Waals surface area contributed by atoms with Crippen LogP contribution in [-0.2, 0) is 4.74 Å². The van der Waals surface area contributed by atoms with Crippen molar-refractivity contribution in [3.8, 4) is 0 Å². The summed E-state index contributed by atoms with van der Waals surface area (Å²) in [5, 5.41) is 9.09. The standard InChI is InChI=1S/C11H18N4O2/c12-10-7-9(14-15-10)11(16)13-5-4-8-3-1-2-6-17-8/h7-8H,1-6H2,(H,13,16)(H3,12,14,15). The van der Waals surface area contributed by atoms with Gasteiger partial charge in [-0.15, -0.1) is 0 Å². The van der Waals surface area contributed by atoms with Crippen molar-refractivity contribution >= 4 is 11.7 Å². The Morgan fingerprint density at radius 2 is 2.53 bits per heavy atom. The molecule has 2 rings (SSSR count). The normalized spacial score (nSPS) is 20.1. The van der Waals surface area contributed by atoms with E-state index in [1.54, 1.807) is 0 Å². The highest BCUT2D eigenvalue weighted by atomic mass is 16.5. The summed E-state index contributed by atoms with van der Waals surface area (Å²) in [4.78, 5) is 11.6. The van der Waals surface area contributed by atoms with Gasteiger partial charge in [0.1, 0.15) is 11.5 Å². The van der Waals surface area contributed by atoms with E-state index < -0.39 is 0 Å². The van der Waals surface area contributed by atoms with Gasteiger partial charge in [-0.1, -0.05) is 0 Å². The number of nitrogens with two attached hydrogens (primary N) is 1. The number of nitrogen functional groups attached to an aromatic ring is 1. The molecule has 6 heteroatoms. The van der Waals surface area contributed by atoms with Crippen LogP contribution in [0, 0.1) is 0 Å². The average Bonchev–Trinajstić information content (AvgIpc) is 2.77. The molecule has 1 amide bonds. The first kappa shape index (κ1) is 11.9. The van der Waals surface area contributed by atoms with Gasteiger partial charge in [0.2, 0.25) is 0 Å². The zero-order valence-electron chi connectivity index (χ0n) is 9.74. The summed E-state index contributed by atoms with van der Waals surface area (Å²) in [5.41, 5.74) is 5.82. The molecule has 1 fully saturated rings. The average molecular weight is 238 g/mol. The number of nitrogens with zero attached hydrogens (tertiary/aromatic N) is 1. The molecule has 1 aromatic rings. The number of carbonyl (C=O) groups is 1. The highest BCUT2D eigenvalue weighted by molar-refractivity contribution is 5.92. The lowest BCUT2D eigenvalue weighted by atomic mass is 10.1. The van der Waals surface area contributed by atoms with E-state index in [4.69, 9.17) is 10.5 Å². The smallest absolute Gasteiger partial charge is 0.269 e. The van der Waals surface area contributed by atoms with E-state index in [9.17, 15) is 4.79 Å². The van der Waals surface area contributed by atoms with E-state index in [0.29, 0.717) is 18.1 Å². The molecule has 0 saturated carbocycles. The van der Waals surface area contributed by atoms with Crippen molar-refractivity contribution in [2.75, 3.05) is 18.9 Å². The molecule has 1 aromatic heterocycles. The molecule has 6 nitrogen and oxygen atoms in total. The first-order valence-electron chi connectivity index (χ1n) is 5.96. The summed E-state index contributed by atoms with van der Waals surface area (Å²) >= 11 is 0. The summed E-state index contributed by atoms with van der Waals surface area (Å²) in [7, 11) is 0. The number of aromatic nitrogens is 2. The van der Waals surface area contributed by atoms with Crippen LogP contribution >= 0.6 is 0 Å². The Morgan fingerprint density at radius 3 is 3.18 bits per heavy atom. The molecule has 0 bridgehead atoms. The number of carbonyl (C=O) groups excluding carboxylic acids is 1. The first-order valence-corrected chi connectivity index (χ1v) is 5.96. The van der Waals surface area contributed by atoms with Gasteiger partial charge in [-0.05, 0) is 25.7 Å². The summed E-state index contributed by atoms with van der Waals surface area (Å²) < 4.78 is 5.58. The molecular formula is C11H18N4O2. The molecule has 0 radical (unpaired) electrons. The SMILES string of the molecule is Nc1cc(C(=O)NCCC2CCCCO2)[nH]n1. The van der Waals surface area contributed by atoms with E-state index >= 15 is 0 Å². The van der Waals surface area contributed by atoms with Gasteiger partial charge in [-0.2, -0.15) is 5.10 Å². The summed E-state index contributed by atoms with van der Waals surface area (Å²) in [6.45, 7) is 1.46. The predicted molar refractivity (Wildman–Crippen MR) is 63.5 cm³/mol. The highest BCUT2D eigenvalue weighted by Crippen LogP contribution is 2.14. The molecule has 17 heavy (non-hydrogen) atoms. The number of rotatable bonds is 4. The van der Waals surface area contributed by atoms with Gasteiger partial charge in [0.05, 0.1) is 6.10 Å². The number of hydrogen-bond donors (Lipinski definition) is 3. The Kier molecular flexibility index (Phi) is 3.98. The zero-order chi connectivity index (χ0) is 12.1. The lowest BCUT2D eigenvalue weighted by Gasteiger charge is -2.22. The third kappa shape index (κ3) is 3.45. The van der Waals surface area contributed by atoms with Gasteiger partial charge in [-0.25, -0.2) is 0 Å². The molecule has 1 aliphatic heterocycles. The fourth-order valence-electron chi connectivity index (χ4n) is 1.93. The van der Waals surface area contributed by atoms with Crippen LogP contribution in [0.25, 0.3) is 0 Å². The van der Waals surface area contributed by atoms with Crippen LogP contribution in [0.3, 0.4) is 0 Å². The Bertz CT molecular complexity index is 371. The molecule has 1 saturated heterocycles. The van der Waals surface area contributed by atoms with E-state index in [2.05, 4.69) is 15.5 Å². The summed E-state index contributed by atoms with van der Waals surface area (Å²) in [6, 6.07) is 1.52. The minimum atomic E-state index is -0.176. The van der Waals surface area contributed by atoms with Crippen molar-refractivity contribution in [2.24, 2.45) is 0 Å². The summed E-state index contributed by atoms with van der Waals surface area (Å²) in [5.74, 6) is 0.149. The number of amides is 1. The second-order valence-electron chi connectivity index (χ2n) is 4.24. The third-order valence-corrected chi connectivity index (χ3v) is 2.87. The third-order valence-electron chi connectivity index (χ3n) is 2.87. The fraction of sp³-hybridized carbons (Fsp3) is 0.636. The maximum atomic E-state index is 11.6. The van der Waals surface area contributed by atoms with E-state index in [-0.39, 0.29) is 12.0 Å². The van der Waals surface area contributed by atoms with E-state index in [1.807, 2.05) is 0 Å². The van der Waals surface area contributed by atoms with Crippen molar-refractivity contribution in [1.82, 2.24) is 15.5 Å². The topological polar surface area (TPSA) is 93.0 Å². The molecule has 1 atom stereocenters. The van der Waals surface area contributed by atoms with Gasteiger partial charge in [0.15, 0.2) is 0 Å². The maximum Gasteiger partial charge on any atom is 0.269 e. The highest BCUT2D eigenvalue weighted by Gasteiger charge is 2.14. The van der Waals surface area contributed by atoms with Crippen LogP contribution in [0.2, 0.25) is 0 Å². The van der Waals surface area contributed by atoms with Gasteiger partial charge in [-0.3, -0.25) is 9.89 Å². The molecule has 1 unspecified atom stereocenters. The molecule has 0 spiro atoms. The Hall–Kier alpha value is -1.56. The lowest BCUT2D eigenvalue weighted by Crippen LogP contribution is -2.29. The number of ether oxygens (including phenoxy) is 1. The van der Waals surface area contributed by atoms with E-state index in [0.717, 1.165) is 25.9 Å². The fourth-order valence-corrected chi connectivity index (χ4v) is 1.93. The Morgan fingerprint density at radius 1 is 1.65 bits per heavy atom. The Balaban J connectivity index is 1.69. The predicted octanol–water partition coefficient (Wildman–Crippen LogP) is 0.681. The van der Waals surface area contributed by atoms with Crippen molar-refractivity contribution in [1.29, 1.82) is 0 Å². The summed E-state index contributed by atoms with van der Waals surface area (Å²) in [6.07, 6.45) is 4.60. The van der Waals surface area contributed by atoms with Crippen LogP contribution in [0.5, 0.6) is 0 Å². The van der Waals surface area contributed by atoms with Gasteiger partial charge >= 0.3 is 0 Å². The van der Waals surface area contributed by atoms with Crippen LogP contribution in [0.15, 0.2) is 6.07 Å². The second kappa shape index (κ2) is 5.67. The van der Waals surface area contributed by atoms with Crippen molar-refractivity contribution in [2.45, 2.75) is 31.8 Å². The molecule has 0 aliphatic carbocycles. The quantitative estimate of drug-likeness (QED) is 0.719. The largest absolute Gasteiger partial charge is 0.382 e. The Labute approximate surface area is 99.9 Å². The number of aromatic amines is 1. The van der Waals surface area contributed by atoms with Crippen molar-refractivity contribution < 1.29 is 9.53 Å². The molecule has 2 heterocycles. The zero-order valence-corrected chi connectivity index (χ0v) is 9.74. The first-order chi connectivity index (χ1) is 8.25. The van der Waals surface area contributed by atoms with Crippen molar-refractivity contribution in [3.05, 3.63) is 11.8 Å². The monoisotopic (exact) mass is 238 g/mol. The number of nitrogens with one attached hydrogen (secondary N) is 2. The van der Waals surface area contributed by atoms with Gasteiger partial charge in [0.25, 0.3) is 5.91 Å².